The molecule has 38 heavy (non-hydrogen) atoms. The summed E-state index contributed by atoms with van der Waals surface area (Å²) in [6.07, 6.45) is -2.79. The standard InChI is InChI=1S/C25H27F2N5O5S/c1-13(33)9-14-10-16(26)21(17(27)11-14)19-12-15(22(28)34)23(38-19)30-20-4-2-3-18(29-20)24(35)31-5-7-32(8-6-31)25(36)37/h2-4,10-13,24,33,35H,5-9H2,1H3,(H2,28,34)(H,29,30)(H,36,37). The monoisotopic (exact) mass is 547 g/mol. The molecule has 202 valence electrons. The first-order chi connectivity index (χ1) is 18.0. The SMILES string of the molecule is CC(O)Cc1cc(F)c(-c2cc(C(N)=O)c(Nc3cccc(C(O)N4CCN(C(=O)O)CC4)n3)s2)c(F)c1. The van der Waals surface area contributed by atoms with E-state index in [0.29, 0.717) is 24.3 Å². The number of nitrogens with one attached hydrogen (secondary N) is 1. The zero-order valence-electron chi connectivity index (χ0n) is 20.4. The molecule has 0 radical (unpaired) electrons. The molecule has 1 saturated heterocycles. The number of halogens is 2. The molecule has 0 spiro atoms. The molecule has 1 aliphatic heterocycles. The number of primary amides is 1. The number of carbonyl (C=O) groups is 2. The molecule has 3 aromatic rings. The molecular weight excluding hydrogens is 520 g/mol. The van der Waals surface area contributed by atoms with Gasteiger partial charge in [0.25, 0.3) is 5.91 Å². The number of carbonyl (C=O) groups excluding carboxylic acids is 1. The van der Waals surface area contributed by atoms with Crippen LogP contribution in [0.3, 0.4) is 0 Å². The lowest BCUT2D eigenvalue weighted by molar-refractivity contribution is -0.0267. The maximum atomic E-state index is 14.9. The number of aliphatic hydroxyl groups excluding tert-OH is 2. The number of nitrogens with zero attached hydrogens (tertiary/aromatic N) is 3. The third kappa shape index (κ3) is 6.07. The minimum atomic E-state index is -1.09. The second-order valence-electron chi connectivity index (χ2n) is 8.96. The van der Waals surface area contributed by atoms with Crippen LogP contribution in [0, 0.1) is 11.6 Å². The second-order valence-corrected chi connectivity index (χ2v) is 10.0. The summed E-state index contributed by atoms with van der Waals surface area (Å²) in [5.74, 6) is -2.23. The van der Waals surface area contributed by atoms with Gasteiger partial charge in [0.2, 0.25) is 0 Å². The van der Waals surface area contributed by atoms with Gasteiger partial charge in [-0.3, -0.25) is 9.69 Å². The number of amides is 2. The molecule has 13 heteroatoms. The molecule has 3 heterocycles. The molecule has 0 aliphatic carbocycles. The van der Waals surface area contributed by atoms with Crippen LogP contribution in [0.1, 0.15) is 34.8 Å². The zero-order chi connectivity index (χ0) is 27.6. The van der Waals surface area contributed by atoms with E-state index in [1.54, 1.807) is 23.1 Å². The maximum Gasteiger partial charge on any atom is 0.407 e. The van der Waals surface area contributed by atoms with E-state index >= 15 is 0 Å². The Morgan fingerprint density at radius 3 is 2.37 bits per heavy atom. The molecule has 1 aromatic carbocycles. The lowest BCUT2D eigenvalue weighted by Crippen LogP contribution is -2.49. The Labute approximate surface area is 220 Å². The Morgan fingerprint density at radius 2 is 1.79 bits per heavy atom. The molecule has 6 N–H and O–H groups in total. The number of hydrogen-bond acceptors (Lipinski definition) is 8. The van der Waals surface area contributed by atoms with Crippen molar-refractivity contribution in [2.24, 2.45) is 5.73 Å². The van der Waals surface area contributed by atoms with E-state index in [1.807, 2.05) is 0 Å². The van der Waals surface area contributed by atoms with Crippen LogP contribution in [-0.2, 0) is 6.42 Å². The number of pyridine rings is 1. The van der Waals surface area contributed by atoms with Crippen molar-refractivity contribution in [3.8, 4) is 10.4 Å². The van der Waals surface area contributed by atoms with E-state index in [2.05, 4.69) is 10.3 Å². The van der Waals surface area contributed by atoms with Gasteiger partial charge in [0.15, 0.2) is 6.23 Å². The van der Waals surface area contributed by atoms with Crippen molar-refractivity contribution in [3.63, 3.8) is 0 Å². The van der Waals surface area contributed by atoms with Crippen molar-refractivity contribution >= 4 is 34.2 Å². The quantitative estimate of drug-likeness (QED) is 0.288. The van der Waals surface area contributed by atoms with Gasteiger partial charge in [-0.15, -0.1) is 11.3 Å². The molecule has 10 nitrogen and oxygen atoms in total. The van der Waals surface area contributed by atoms with Crippen molar-refractivity contribution < 1.29 is 33.7 Å². The van der Waals surface area contributed by atoms with E-state index < -0.39 is 36.0 Å². The molecule has 2 unspecified atom stereocenters. The van der Waals surface area contributed by atoms with Crippen molar-refractivity contribution in [3.05, 3.63) is 64.9 Å². The zero-order valence-corrected chi connectivity index (χ0v) is 21.2. The molecule has 1 aliphatic rings. The van der Waals surface area contributed by atoms with Crippen molar-refractivity contribution in [1.29, 1.82) is 0 Å². The minimum Gasteiger partial charge on any atom is -0.465 e. The molecule has 2 aromatic heterocycles. The van der Waals surface area contributed by atoms with Crippen LogP contribution in [0.2, 0.25) is 0 Å². The summed E-state index contributed by atoms with van der Waals surface area (Å²) in [5, 5.41) is 32.6. The minimum absolute atomic E-state index is 0.00870. The second kappa shape index (κ2) is 11.4. The van der Waals surface area contributed by atoms with E-state index in [9.17, 15) is 28.6 Å². The number of carboxylic acid groups (broad SMARTS) is 1. The van der Waals surface area contributed by atoms with Crippen molar-refractivity contribution in [2.75, 3.05) is 31.5 Å². The number of rotatable bonds is 8. The highest BCUT2D eigenvalue weighted by Gasteiger charge is 2.27. The fourth-order valence-electron chi connectivity index (χ4n) is 4.24. The predicted molar refractivity (Wildman–Crippen MR) is 137 cm³/mol. The summed E-state index contributed by atoms with van der Waals surface area (Å²) in [4.78, 5) is 30.7. The highest BCUT2D eigenvalue weighted by Crippen LogP contribution is 2.39. The van der Waals surface area contributed by atoms with Crippen LogP contribution in [0.25, 0.3) is 10.4 Å². The van der Waals surface area contributed by atoms with Gasteiger partial charge in [-0.05, 0) is 49.2 Å². The van der Waals surface area contributed by atoms with Gasteiger partial charge >= 0.3 is 6.09 Å². The van der Waals surface area contributed by atoms with E-state index in [0.717, 1.165) is 23.5 Å². The summed E-state index contributed by atoms with van der Waals surface area (Å²) in [5.41, 5.74) is 5.80. The Balaban J connectivity index is 1.57. The molecule has 1 fully saturated rings. The molecule has 2 atom stereocenters. The van der Waals surface area contributed by atoms with E-state index in [4.69, 9.17) is 10.8 Å². The van der Waals surface area contributed by atoms with Crippen LogP contribution in [0.15, 0.2) is 36.4 Å². The molecule has 0 saturated carbocycles. The normalized spacial score (nSPS) is 15.8. The van der Waals surface area contributed by atoms with Crippen molar-refractivity contribution in [1.82, 2.24) is 14.8 Å². The lowest BCUT2D eigenvalue weighted by atomic mass is 10.0. The van der Waals surface area contributed by atoms with Gasteiger partial charge < -0.3 is 31.3 Å². The number of aromatic nitrogens is 1. The Kier molecular flexibility index (Phi) is 8.21. The van der Waals surface area contributed by atoms with E-state index in [-0.39, 0.29) is 46.3 Å². The van der Waals surface area contributed by atoms with Crippen LogP contribution in [-0.4, -0.2) is 74.4 Å². The van der Waals surface area contributed by atoms with Crippen LogP contribution in [0.5, 0.6) is 0 Å². The topological polar surface area (TPSA) is 152 Å². The number of nitrogens with two attached hydrogens (primary N) is 1. The maximum absolute atomic E-state index is 14.9. The Hall–Kier alpha value is -3.65. The average molecular weight is 548 g/mol. The fourth-order valence-corrected chi connectivity index (χ4v) is 5.35. The van der Waals surface area contributed by atoms with E-state index in [1.165, 1.54) is 17.9 Å². The van der Waals surface area contributed by atoms with Crippen LogP contribution < -0.4 is 11.1 Å². The van der Waals surface area contributed by atoms with Gasteiger partial charge in [-0.2, -0.15) is 0 Å². The first-order valence-corrected chi connectivity index (χ1v) is 12.6. The average Bonchev–Trinajstić information content (AvgIpc) is 3.26. The van der Waals surface area contributed by atoms with Crippen LogP contribution >= 0.6 is 11.3 Å². The third-order valence-electron chi connectivity index (χ3n) is 6.08. The third-order valence-corrected chi connectivity index (χ3v) is 7.15. The van der Waals surface area contributed by atoms with Gasteiger partial charge in [0.1, 0.15) is 22.5 Å². The first kappa shape index (κ1) is 27.4. The van der Waals surface area contributed by atoms with Gasteiger partial charge in [-0.25, -0.2) is 18.6 Å². The number of benzene rings is 1. The molecule has 0 bridgehead atoms. The molecule has 4 rings (SSSR count). The number of hydrogen-bond donors (Lipinski definition) is 5. The summed E-state index contributed by atoms with van der Waals surface area (Å²) >= 11 is 0.914. The highest BCUT2D eigenvalue weighted by molar-refractivity contribution is 7.20. The van der Waals surface area contributed by atoms with Gasteiger partial charge in [0.05, 0.1) is 22.9 Å². The van der Waals surface area contributed by atoms with Crippen LogP contribution in [0.4, 0.5) is 24.4 Å². The Morgan fingerprint density at radius 1 is 1.13 bits per heavy atom. The summed E-state index contributed by atoms with van der Waals surface area (Å²) in [6, 6.07) is 8.42. The fraction of sp³-hybridized carbons (Fsp3) is 0.320. The molecular formula is C25H27F2N5O5S. The molecule has 2 amide bonds. The van der Waals surface area contributed by atoms with Gasteiger partial charge in [-0.1, -0.05) is 6.07 Å². The summed E-state index contributed by atoms with van der Waals surface area (Å²) in [6.45, 7) is 2.65. The smallest absolute Gasteiger partial charge is 0.407 e. The summed E-state index contributed by atoms with van der Waals surface area (Å²) < 4.78 is 29.7. The van der Waals surface area contributed by atoms with Gasteiger partial charge in [0, 0.05) is 31.1 Å². The van der Waals surface area contributed by atoms with Crippen molar-refractivity contribution in [2.45, 2.75) is 25.7 Å². The lowest BCUT2D eigenvalue weighted by Gasteiger charge is -2.35. The number of thiophene rings is 1. The number of piperazine rings is 1. The first-order valence-electron chi connectivity index (χ1n) is 11.8. The predicted octanol–water partition coefficient (Wildman–Crippen LogP) is 3.14. The highest BCUT2D eigenvalue weighted by atomic mass is 32.1. The largest absolute Gasteiger partial charge is 0.465 e. The Bertz CT molecular complexity index is 1320. The summed E-state index contributed by atoms with van der Waals surface area (Å²) in [7, 11) is 0. The number of anilines is 2. The number of aliphatic hydroxyl groups is 2.